The van der Waals surface area contributed by atoms with Gasteiger partial charge in [-0.3, -0.25) is 4.57 Å². The lowest BCUT2D eigenvalue weighted by molar-refractivity contribution is -0.147. The maximum atomic E-state index is 12.8. The summed E-state index contributed by atoms with van der Waals surface area (Å²) in [6.07, 6.45) is -4.53. The third-order valence-corrected chi connectivity index (χ3v) is 4.64. The zero-order chi connectivity index (χ0) is 16.4. The van der Waals surface area contributed by atoms with E-state index < -0.39 is 12.0 Å². The Hall–Kier alpha value is -1.88. The van der Waals surface area contributed by atoms with Crippen molar-refractivity contribution in [3.05, 3.63) is 29.2 Å². The minimum absolute atomic E-state index is 0.119. The summed E-state index contributed by atoms with van der Waals surface area (Å²) in [5.41, 5.74) is 0. The largest absolute Gasteiger partial charge is 0.451 e. The van der Waals surface area contributed by atoms with Crippen molar-refractivity contribution < 1.29 is 17.7 Å². The first-order valence-electron chi connectivity index (χ1n) is 6.48. The van der Waals surface area contributed by atoms with Gasteiger partial charge in [-0.05, 0) is 18.4 Å². The molecule has 3 heterocycles. The monoisotopic (exact) mass is 361 g/mol. The summed E-state index contributed by atoms with van der Waals surface area (Å²) in [6, 6.07) is 3.73. The molecule has 122 valence electrons. The lowest BCUT2D eigenvalue weighted by atomic mass is 10.4. The van der Waals surface area contributed by atoms with Crippen molar-refractivity contribution in [2.45, 2.75) is 30.6 Å². The molecule has 0 unspecified atom stereocenters. The van der Waals surface area contributed by atoms with E-state index in [1.807, 2.05) is 17.5 Å². The van der Waals surface area contributed by atoms with Crippen LogP contribution < -0.4 is 0 Å². The Balaban J connectivity index is 1.73. The molecule has 0 aliphatic carbocycles. The van der Waals surface area contributed by atoms with Gasteiger partial charge in [-0.1, -0.05) is 23.0 Å². The molecule has 11 heteroatoms. The van der Waals surface area contributed by atoms with E-state index in [-0.39, 0.29) is 17.5 Å². The summed E-state index contributed by atoms with van der Waals surface area (Å²) in [5.74, 6) is -0.0117. The molecular weight excluding hydrogens is 351 g/mol. The van der Waals surface area contributed by atoms with Crippen LogP contribution in [0.25, 0.3) is 10.7 Å². The van der Waals surface area contributed by atoms with Crippen LogP contribution in [-0.2, 0) is 18.5 Å². The molecule has 0 N–H and O–H groups in total. The summed E-state index contributed by atoms with van der Waals surface area (Å²) in [7, 11) is 0. The Morgan fingerprint density at radius 2 is 2.17 bits per heavy atom. The fourth-order valence-corrected chi connectivity index (χ4v) is 3.32. The van der Waals surface area contributed by atoms with Crippen molar-refractivity contribution in [2.24, 2.45) is 0 Å². The number of halogens is 3. The van der Waals surface area contributed by atoms with E-state index in [4.69, 9.17) is 4.52 Å². The Morgan fingerprint density at radius 3 is 2.83 bits per heavy atom. The second-order valence-electron chi connectivity index (χ2n) is 4.33. The zero-order valence-corrected chi connectivity index (χ0v) is 13.4. The van der Waals surface area contributed by atoms with Crippen LogP contribution in [0.15, 0.2) is 27.2 Å². The molecule has 0 radical (unpaired) electrons. The first kappa shape index (κ1) is 16.0. The first-order valence-corrected chi connectivity index (χ1v) is 8.35. The van der Waals surface area contributed by atoms with E-state index in [2.05, 4.69) is 20.3 Å². The lowest BCUT2D eigenvalue weighted by Crippen LogP contribution is -2.14. The molecule has 3 aromatic rings. The number of hydrogen-bond donors (Lipinski definition) is 0. The molecule has 0 saturated heterocycles. The van der Waals surface area contributed by atoms with Gasteiger partial charge in [0.1, 0.15) is 0 Å². The number of nitrogens with zero attached hydrogens (tertiary/aromatic N) is 5. The van der Waals surface area contributed by atoms with Crippen molar-refractivity contribution in [2.75, 3.05) is 0 Å². The minimum Gasteiger partial charge on any atom is -0.338 e. The summed E-state index contributed by atoms with van der Waals surface area (Å²) < 4.78 is 44.5. The van der Waals surface area contributed by atoms with Crippen LogP contribution in [0.2, 0.25) is 0 Å². The molecule has 3 rings (SSSR count). The third kappa shape index (κ3) is 3.39. The summed E-state index contributed by atoms with van der Waals surface area (Å²) in [5, 5.41) is 12.7. The Labute approximate surface area is 136 Å². The highest BCUT2D eigenvalue weighted by molar-refractivity contribution is 7.98. The van der Waals surface area contributed by atoms with Crippen molar-refractivity contribution >= 4 is 23.1 Å². The SMILES string of the molecule is CCn1c(SCc2nc(-c3cccs3)no2)nnc1C(F)(F)F. The minimum atomic E-state index is -4.53. The lowest BCUT2D eigenvalue weighted by Gasteiger charge is -2.08. The smallest absolute Gasteiger partial charge is 0.338 e. The highest BCUT2D eigenvalue weighted by Gasteiger charge is 2.38. The summed E-state index contributed by atoms with van der Waals surface area (Å²) in [6.45, 7) is 1.72. The van der Waals surface area contributed by atoms with E-state index in [0.29, 0.717) is 11.7 Å². The van der Waals surface area contributed by atoms with E-state index in [1.165, 1.54) is 11.3 Å². The van der Waals surface area contributed by atoms with Gasteiger partial charge in [-0.25, -0.2) is 0 Å². The predicted molar refractivity (Wildman–Crippen MR) is 77.9 cm³/mol. The van der Waals surface area contributed by atoms with Crippen LogP contribution in [0.5, 0.6) is 0 Å². The van der Waals surface area contributed by atoms with Crippen molar-refractivity contribution in [3.63, 3.8) is 0 Å². The molecule has 23 heavy (non-hydrogen) atoms. The van der Waals surface area contributed by atoms with Gasteiger partial charge < -0.3 is 4.52 Å². The molecule has 0 aliphatic rings. The van der Waals surface area contributed by atoms with Gasteiger partial charge in [0.15, 0.2) is 5.16 Å². The van der Waals surface area contributed by atoms with Crippen molar-refractivity contribution in [1.29, 1.82) is 0 Å². The van der Waals surface area contributed by atoms with E-state index in [0.717, 1.165) is 21.2 Å². The topological polar surface area (TPSA) is 69.6 Å². The highest BCUT2D eigenvalue weighted by atomic mass is 32.2. The average molecular weight is 361 g/mol. The summed E-state index contributed by atoms with van der Waals surface area (Å²) in [4.78, 5) is 5.07. The third-order valence-electron chi connectivity index (χ3n) is 2.82. The van der Waals surface area contributed by atoms with Crippen LogP contribution >= 0.6 is 23.1 Å². The van der Waals surface area contributed by atoms with Gasteiger partial charge in [-0.15, -0.1) is 21.5 Å². The normalized spacial score (nSPS) is 12.0. The van der Waals surface area contributed by atoms with Crippen LogP contribution in [0.4, 0.5) is 13.2 Å². The van der Waals surface area contributed by atoms with E-state index in [9.17, 15) is 13.2 Å². The quantitative estimate of drug-likeness (QED) is 0.645. The number of thioether (sulfide) groups is 1. The molecule has 0 aliphatic heterocycles. The number of rotatable bonds is 5. The Morgan fingerprint density at radius 1 is 1.35 bits per heavy atom. The van der Waals surface area contributed by atoms with E-state index >= 15 is 0 Å². The number of alkyl halides is 3. The molecular formula is C12H10F3N5OS2. The van der Waals surface area contributed by atoms with Crippen LogP contribution in [0, 0.1) is 0 Å². The number of hydrogen-bond acceptors (Lipinski definition) is 7. The molecule has 0 atom stereocenters. The molecule has 0 saturated carbocycles. The number of thiophene rings is 1. The maximum absolute atomic E-state index is 12.8. The second-order valence-corrected chi connectivity index (χ2v) is 6.22. The first-order chi connectivity index (χ1) is 11.0. The number of aromatic nitrogens is 5. The van der Waals surface area contributed by atoms with Gasteiger partial charge in [0.25, 0.3) is 0 Å². The van der Waals surface area contributed by atoms with Crippen LogP contribution in [0.1, 0.15) is 18.6 Å². The van der Waals surface area contributed by atoms with Gasteiger partial charge >= 0.3 is 6.18 Å². The molecule has 0 aromatic carbocycles. The van der Waals surface area contributed by atoms with Crippen LogP contribution in [0.3, 0.4) is 0 Å². The fraction of sp³-hybridized carbons (Fsp3) is 0.333. The van der Waals surface area contributed by atoms with Gasteiger partial charge in [-0.2, -0.15) is 18.2 Å². The van der Waals surface area contributed by atoms with Gasteiger partial charge in [0.2, 0.25) is 17.5 Å². The van der Waals surface area contributed by atoms with E-state index in [1.54, 1.807) is 6.92 Å². The molecule has 6 nitrogen and oxygen atoms in total. The second kappa shape index (κ2) is 6.32. The predicted octanol–water partition coefficient (Wildman–Crippen LogP) is 3.72. The maximum Gasteiger partial charge on any atom is 0.451 e. The van der Waals surface area contributed by atoms with Crippen molar-refractivity contribution in [1.82, 2.24) is 24.9 Å². The highest BCUT2D eigenvalue weighted by Crippen LogP contribution is 2.31. The van der Waals surface area contributed by atoms with Gasteiger partial charge in [0.05, 0.1) is 10.6 Å². The summed E-state index contributed by atoms with van der Waals surface area (Å²) >= 11 is 2.54. The Bertz CT molecular complexity index is 781. The Kier molecular flexibility index (Phi) is 4.39. The van der Waals surface area contributed by atoms with Gasteiger partial charge in [0, 0.05) is 6.54 Å². The fourth-order valence-electron chi connectivity index (χ4n) is 1.84. The zero-order valence-electron chi connectivity index (χ0n) is 11.7. The molecule has 0 spiro atoms. The van der Waals surface area contributed by atoms with Crippen LogP contribution in [-0.4, -0.2) is 24.9 Å². The molecule has 3 aromatic heterocycles. The standard InChI is InChI=1S/C12H10F3N5OS2/c1-2-20-10(12(13,14)15)17-18-11(20)23-6-8-16-9(19-21-8)7-4-3-5-22-7/h3-5H,2,6H2,1H3. The molecule has 0 fully saturated rings. The average Bonchev–Trinajstić information content (AvgIpc) is 3.22. The molecule has 0 bridgehead atoms. The molecule has 0 amide bonds. The van der Waals surface area contributed by atoms with Crippen molar-refractivity contribution in [3.8, 4) is 10.7 Å².